The number of nitrogens with one attached hydrogen (secondary N) is 1. The van der Waals surface area contributed by atoms with Gasteiger partial charge in [-0.1, -0.05) is 18.2 Å². The van der Waals surface area contributed by atoms with Gasteiger partial charge in [-0.05, 0) is 51.4 Å². The van der Waals surface area contributed by atoms with E-state index in [1.165, 1.54) is 34.2 Å². The van der Waals surface area contributed by atoms with E-state index in [2.05, 4.69) is 42.3 Å². The highest BCUT2D eigenvalue weighted by atomic mass is 32.1. The van der Waals surface area contributed by atoms with Crippen molar-refractivity contribution >= 4 is 27.4 Å². The number of ether oxygens (including phenoxy) is 1. The minimum absolute atomic E-state index is 0.210. The van der Waals surface area contributed by atoms with E-state index in [9.17, 15) is 0 Å². The van der Waals surface area contributed by atoms with Crippen LogP contribution in [-0.2, 0) is 6.54 Å². The first kappa shape index (κ1) is 17.9. The van der Waals surface area contributed by atoms with Gasteiger partial charge in [0.05, 0.1) is 24.6 Å². The molecule has 2 aliphatic rings. The Labute approximate surface area is 169 Å². The number of anilines is 1. The topological polar surface area (TPSA) is 50.3 Å². The van der Waals surface area contributed by atoms with E-state index in [4.69, 9.17) is 14.7 Å². The molecule has 2 aromatic heterocycles. The molecule has 0 radical (unpaired) electrons. The predicted molar refractivity (Wildman–Crippen MR) is 114 cm³/mol. The molecule has 0 bridgehead atoms. The average molecular weight is 395 g/mol. The van der Waals surface area contributed by atoms with Crippen molar-refractivity contribution in [3.8, 4) is 5.75 Å². The van der Waals surface area contributed by atoms with Crippen molar-refractivity contribution in [1.29, 1.82) is 0 Å². The largest absolute Gasteiger partial charge is 0.493 e. The molecule has 5 rings (SSSR count). The minimum atomic E-state index is 0.210. The molecule has 1 saturated heterocycles. The van der Waals surface area contributed by atoms with Gasteiger partial charge in [0, 0.05) is 16.9 Å². The summed E-state index contributed by atoms with van der Waals surface area (Å²) in [5.74, 6) is 2.88. The molecule has 1 atom stereocenters. The molecule has 0 amide bonds. The van der Waals surface area contributed by atoms with E-state index in [1.54, 1.807) is 11.3 Å². The van der Waals surface area contributed by atoms with Crippen LogP contribution in [0.1, 0.15) is 47.1 Å². The van der Waals surface area contributed by atoms with Gasteiger partial charge >= 0.3 is 0 Å². The highest BCUT2D eigenvalue weighted by Gasteiger charge is 2.24. The summed E-state index contributed by atoms with van der Waals surface area (Å²) in [6.45, 7) is 8.23. The Balaban J connectivity index is 1.54. The number of nitrogens with zero attached hydrogens (tertiary/aromatic N) is 3. The first-order valence-electron chi connectivity index (χ1n) is 10.2. The van der Waals surface area contributed by atoms with Gasteiger partial charge in [0.2, 0.25) is 0 Å². The Morgan fingerprint density at radius 1 is 1.18 bits per heavy atom. The maximum absolute atomic E-state index is 5.84. The lowest BCUT2D eigenvalue weighted by atomic mass is 10.0. The molecule has 146 valence electrons. The third kappa shape index (κ3) is 3.25. The quantitative estimate of drug-likeness (QED) is 0.686. The number of para-hydroxylation sites is 1. The molecular weight excluding hydrogens is 368 g/mol. The van der Waals surface area contributed by atoms with Gasteiger partial charge in [-0.2, -0.15) is 0 Å². The standard InChI is InChI=1S/C22H26N4OS/c1-14-15(2)28-22-20(14)21(24-19(25-22)13-26-10-5-6-11-26)23-17-9-12-27-18-8-4-3-7-16(17)18/h3-4,7-8,17H,5-6,9-13H2,1-2H3,(H,23,24,25)/t17-/m1/s1. The summed E-state index contributed by atoms with van der Waals surface area (Å²) in [6.07, 6.45) is 3.50. The van der Waals surface area contributed by atoms with Gasteiger partial charge in [-0.3, -0.25) is 4.90 Å². The number of fused-ring (bicyclic) bond motifs is 2. The van der Waals surface area contributed by atoms with Crippen LogP contribution in [0.15, 0.2) is 24.3 Å². The summed E-state index contributed by atoms with van der Waals surface area (Å²) >= 11 is 1.78. The number of benzene rings is 1. The number of rotatable bonds is 4. The van der Waals surface area contributed by atoms with Gasteiger partial charge in [0.15, 0.2) is 0 Å². The summed E-state index contributed by atoms with van der Waals surface area (Å²) in [4.78, 5) is 14.8. The molecule has 1 fully saturated rings. The molecule has 0 saturated carbocycles. The number of aryl methyl sites for hydroxylation is 2. The molecule has 4 heterocycles. The van der Waals surface area contributed by atoms with Crippen molar-refractivity contribution in [2.45, 2.75) is 45.7 Å². The summed E-state index contributed by atoms with van der Waals surface area (Å²) in [6, 6.07) is 8.53. The van der Waals surface area contributed by atoms with Crippen LogP contribution in [0.5, 0.6) is 5.75 Å². The zero-order chi connectivity index (χ0) is 19.1. The average Bonchev–Trinajstić information content (AvgIpc) is 3.30. The second-order valence-corrected chi connectivity index (χ2v) is 9.01. The molecule has 0 spiro atoms. The Morgan fingerprint density at radius 2 is 2.00 bits per heavy atom. The van der Waals surface area contributed by atoms with Gasteiger partial charge in [-0.15, -0.1) is 11.3 Å². The molecule has 3 aromatic rings. The van der Waals surface area contributed by atoms with Crippen LogP contribution in [0.3, 0.4) is 0 Å². The Hall–Kier alpha value is -2.18. The van der Waals surface area contributed by atoms with E-state index >= 15 is 0 Å². The first-order valence-corrected chi connectivity index (χ1v) is 11.0. The molecule has 0 aliphatic carbocycles. The fourth-order valence-electron chi connectivity index (χ4n) is 4.27. The van der Waals surface area contributed by atoms with E-state index in [-0.39, 0.29) is 6.04 Å². The molecule has 1 N–H and O–H groups in total. The number of thiophene rings is 1. The lowest BCUT2D eigenvalue weighted by molar-refractivity contribution is 0.274. The molecule has 2 aliphatic heterocycles. The maximum atomic E-state index is 5.84. The molecule has 28 heavy (non-hydrogen) atoms. The van der Waals surface area contributed by atoms with Crippen LogP contribution < -0.4 is 10.1 Å². The fraction of sp³-hybridized carbons (Fsp3) is 0.455. The number of likely N-dealkylation sites (tertiary alicyclic amines) is 1. The van der Waals surface area contributed by atoms with Crippen molar-refractivity contribution in [1.82, 2.24) is 14.9 Å². The van der Waals surface area contributed by atoms with Crippen LogP contribution in [0.2, 0.25) is 0 Å². The van der Waals surface area contributed by atoms with Crippen LogP contribution in [0.4, 0.5) is 5.82 Å². The Kier molecular flexibility index (Phi) is 4.69. The minimum Gasteiger partial charge on any atom is -0.493 e. The highest BCUT2D eigenvalue weighted by molar-refractivity contribution is 7.18. The fourth-order valence-corrected chi connectivity index (χ4v) is 5.31. The molecule has 0 unspecified atom stereocenters. The Morgan fingerprint density at radius 3 is 2.86 bits per heavy atom. The highest BCUT2D eigenvalue weighted by Crippen LogP contribution is 2.38. The van der Waals surface area contributed by atoms with E-state index in [0.717, 1.165) is 54.9 Å². The normalized spacial score (nSPS) is 19.6. The van der Waals surface area contributed by atoms with E-state index < -0.39 is 0 Å². The van der Waals surface area contributed by atoms with Crippen molar-refractivity contribution in [2.75, 3.05) is 25.0 Å². The van der Waals surface area contributed by atoms with Crippen molar-refractivity contribution in [3.05, 3.63) is 46.1 Å². The Bertz CT molecular complexity index is 1010. The second kappa shape index (κ2) is 7.33. The molecule has 5 nitrogen and oxygen atoms in total. The van der Waals surface area contributed by atoms with Crippen LogP contribution in [0, 0.1) is 13.8 Å². The maximum Gasteiger partial charge on any atom is 0.146 e. The van der Waals surface area contributed by atoms with E-state index in [1.807, 2.05) is 6.07 Å². The van der Waals surface area contributed by atoms with Gasteiger partial charge < -0.3 is 10.1 Å². The van der Waals surface area contributed by atoms with Crippen molar-refractivity contribution < 1.29 is 4.74 Å². The monoisotopic (exact) mass is 394 g/mol. The lowest BCUT2D eigenvalue weighted by Gasteiger charge is -2.27. The number of hydrogen-bond donors (Lipinski definition) is 1. The number of aromatic nitrogens is 2. The van der Waals surface area contributed by atoms with Gasteiger partial charge in [-0.25, -0.2) is 9.97 Å². The first-order chi connectivity index (χ1) is 13.7. The van der Waals surface area contributed by atoms with Crippen molar-refractivity contribution in [3.63, 3.8) is 0 Å². The zero-order valence-electron chi connectivity index (χ0n) is 16.5. The van der Waals surface area contributed by atoms with Crippen molar-refractivity contribution in [2.24, 2.45) is 0 Å². The summed E-state index contributed by atoms with van der Waals surface area (Å²) in [5, 5.41) is 4.93. The van der Waals surface area contributed by atoms with Crippen LogP contribution >= 0.6 is 11.3 Å². The smallest absolute Gasteiger partial charge is 0.146 e. The van der Waals surface area contributed by atoms with Crippen LogP contribution in [-0.4, -0.2) is 34.6 Å². The lowest BCUT2D eigenvalue weighted by Crippen LogP contribution is -2.23. The molecule has 6 heteroatoms. The summed E-state index contributed by atoms with van der Waals surface area (Å²) in [7, 11) is 0. The molecule has 1 aromatic carbocycles. The second-order valence-electron chi connectivity index (χ2n) is 7.81. The molecular formula is C22H26N4OS. The third-order valence-corrected chi connectivity index (χ3v) is 7.01. The van der Waals surface area contributed by atoms with Crippen LogP contribution in [0.25, 0.3) is 10.2 Å². The zero-order valence-corrected chi connectivity index (χ0v) is 17.3. The van der Waals surface area contributed by atoms with E-state index in [0.29, 0.717) is 0 Å². The summed E-state index contributed by atoms with van der Waals surface area (Å²) in [5.41, 5.74) is 2.50. The van der Waals surface area contributed by atoms with Gasteiger partial charge in [0.1, 0.15) is 22.2 Å². The van der Waals surface area contributed by atoms with Gasteiger partial charge in [0.25, 0.3) is 0 Å². The predicted octanol–water partition coefficient (Wildman–Crippen LogP) is 4.84. The third-order valence-electron chi connectivity index (χ3n) is 5.91. The summed E-state index contributed by atoms with van der Waals surface area (Å²) < 4.78 is 5.84. The number of hydrogen-bond acceptors (Lipinski definition) is 6. The SMILES string of the molecule is Cc1sc2nc(CN3CCCC3)nc(N[C@@H]3CCOc4ccccc43)c2c1C.